The number of rotatable bonds is 5. The average molecular weight is 512 g/mol. The Bertz CT molecular complexity index is 1310. The number of pyridine rings is 2. The Morgan fingerprint density at radius 1 is 1.08 bits per heavy atom. The molecule has 192 valence electrons. The number of piperazine rings is 1. The quantitative estimate of drug-likeness (QED) is 0.492. The van der Waals surface area contributed by atoms with E-state index in [1.807, 2.05) is 12.3 Å². The minimum atomic E-state index is -0.249. The zero-order chi connectivity index (χ0) is 24.7. The van der Waals surface area contributed by atoms with E-state index in [0.717, 1.165) is 49.8 Å². The highest BCUT2D eigenvalue weighted by atomic mass is 35.5. The monoisotopic (exact) mass is 511 g/mol. The van der Waals surface area contributed by atoms with Crippen LogP contribution >= 0.6 is 12.4 Å². The standard InChI is InChI=1S/C26H33N7O2.ClH/c1-15-13-32(14-16(2)29-15)20-9-10-22(27-11-20)30-26-28-12-21-17(3)23(18(4)34)25(35)33(24(21)31-26)19-7-5-6-8-19;/h9-12,15-16,19,29H,5-8,13-14H2,1-4H3,(H,27,28,30,31);1H. The van der Waals surface area contributed by atoms with Gasteiger partial charge in [0.2, 0.25) is 5.95 Å². The van der Waals surface area contributed by atoms with Crippen molar-refractivity contribution in [1.29, 1.82) is 0 Å². The van der Waals surface area contributed by atoms with Gasteiger partial charge in [0.05, 0.1) is 17.4 Å². The smallest absolute Gasteiger partial charge is 0.263 e. The van der Waals surface area contributed by atoms with Crippen molar-refractivity contribution in [2.24, 2.45) is 0 Å². The zero-order valence-electron chi connectivity index (χ0n) is 21.2. The highest BCUT2D eigenvalue weighted by Gasteiger charge is 2.26. The van der Waals surface area contributed by atoms with Crippen LogP contribution in [0.4, 0.5) is 17.5 Å². The lowest BCUT2D eigenvalue weighted by molar-refractivity contribution is 0.101. The van der Waals surface area contributed by atoms with Crippen LogP contribution in [0.25, 0.3) is 11.0 Å². The predicted molar refractivity (Wildman–Crippen MR) is 145 cm³/mol. The SMILES string of the molecule is CC(=O)c1c(C)c2cnc(Nc3ccc(N4CC(C)NC(C)C4)cn3)nc2n(C2CCCC2)c1=O.Cl. The fourth-order valence-electron chi connectivity index (χ4n) is 5.61. The summed E-state index contributed by atoms with van der Waals surface area (Å²) in [5.41, 5.74) is 2.28. The molecule has 2 aliphatic rings. The van der Waals surface area contributed by atoms with E-state index in [-0.39, 0.29) is 35.4 Å². The third kappa shape index (κ3) is 4.95. The molecule has 3 aromatic rings. The van der Waals surface area contributed by atoms with E-state index in [0.29, 0.717) is 35.1 Å². The molecular weight excluding hydrogens is 478 g/mol. The van der Waals surface area contributed by atoms with Crippen molar-refractivity contribution in [3.8, 4) is 0 Å². The van der Waals surface area contributed by atoms with Crippen LogP contribution in [-0.2, 0) is 0 Å². The summed E-state index contributed by atoms with van der Waals surface area (Å²) in [6.45, 7) is 9.50. The van der Waals surface area contributed by atoms with Gasteiger partial charge in [-0.05, 0) is 58.2 Å². The number of hydrogen-bond acceptors (Lipinski definition) is 8. The van der Waals surface area contributed by atoms with Gasteiger partial charge >= 0.3 is 0 Å². The number of aromatic nitrogens is 4. The van der Waals surface area contributed by atoms with Crippen LogP contribution in [0.5, 0.6) is 0 Å². The molecule has 4 heterocycles. The van der Waals surface area contributed by atoms with Crippen molar-refractivity contribution in [3.05, 3.63) is 46.0 Å². The second-order valence-corrected chi connectivity index (χ2v) is 10.0. The Kier molecular flexibility index (Phi) is 7.61. The van der Waals surface area contributed by atoms with Gasteiger partial charge in [0.1, 0.15) is 11.5 Å². The summed E-state index contributed by atoms with van der Waals surface area (Å²) in [4.78, 5) is 41.8. The zero-order valence-corrected chi connectivity index (χ0v) is 22.1. The normalized spacial score (nSPS) is 20.4. The molecule has 5 rings (SSSR count). The molecule has 1 saturated heterocycles. The summed E-state index contributed by atoms with van der Waals surface area (Å²) in [5.74, 6) is 0.792. The first-order chi connectivity index (χ1) is 16.8. The fourth-order valence-corrected chi connectivity index (χ4v) is 5.61. The van der Waals surface area contributed by atoms with Gasteiger partial charge in [-0.25, -0.2) is 9.97 Å². The van der Waals surface area contributed by atoms with Crippen molar-refractivity contribution in [2.45, 2.75) is 71.5 Å². The van der Waals surface area contributed by atoms with E-state index in [2.05, 4.69) is 45.4 Å². The summed E-state index contributed by atoms with van der Waals surface area (Å²) < 4.78 is 1.72. The van der Waals surface area contributed by atoms with Crippen molar-refractivity contribution in [3.63, 3.8) is 0 Å². The van der Waals surface area contributed by atoms with E-state index < -0.39 is 0 Å². The van der Waals surface area contributed by atoms with Crippen LogP contribution in [0.2, 0.25) is 0 Å². The van der Waals surface area contributed by atoms with Gasteiger partial charge in [0.25, 0.3) is 5.56 Å². The lowest BCUT2D eigenvalue weighted by Crippen LogP contribution is -2.54. The molecule has 2 N–H and O–H groups in total. The van der Waals surface area contributed by atoms with Crippen LogP contribution in [-0.4, -0.2) is 50.5 Å². The van der Waals surface area contributed by atoms with Crippen molar-refractivity contribution in [1.82, 2.24) is 24.8 Å². The summed E-state index contributed by atoms with van der Waals surface area (Å²) in [5, 5.41) is 7.47. The minimum absolute atomic E-state index is 0. The molecule has 9 nitrogen and oxygen atoms in total. The number of aryl methyl sites for hydroxylation is 1. The Hall–Kier alpha value is -3.04. The van der Waals surface area contributed by atoms with Gasteiger partial charge in [0, 0.05) is 42.8 Å². The maximum Gasteiger partial charge on any atom is 0.263 e. The Morgan fingerprint density at radius 2 is 1.78 bits per heavy atom. The number of nitrogens with zero attached hydrogens (tertiary/aromatic N) is 5. The molecule has 0 amide bonds. The topological polar surface area (TPSA) is 105 Å². The van der Waals surface area contributed by atoms with Crippen LogP contribution in [0.1, 0.15) is 68.4 Å². The summed E-state index contributed by atoms with van der Waals surface area (Å²) in [6, 6.07) is 4.87. The lowest BCUT2D eigenvalue weighted by atomic mass is 10.0. The molecule has 2 atom stereocenters. The molecule has 2 unspecified atom stereocenters. The van der Waals surface area contributed by atoms with Gasteiger partial charge in [-0.1, -0.05) is 12.8 Å². The first-order valence-electron chi connectivity index (χ1n) is 12.5. The molecule has 0 radical (unpaired) electrons. The maximum atomic E-state index is 13.4. The number of carbonyl (C=O) groups excluding carboxylic acids is 1. The highest BCUT2D eigenvalue weighted by Crippen LogP contribution is 2.32. The van der Waals surface area contributed by atoms with Crippen LogP contribution in [0, 0.1) is 6.92 Å². The largest absolute Gasteiger partial charge is 0.367 e. The number of fused-ring (bicyclic) bond motifs is 1. The van der Waals surface area contributed by atoms with E-state index in [1.165, 1.54) is 6.92 Å². The van der Waals surface area contributed by atoms with E-state index in [1.54, 1.807) is 17.7 Å². The summed E-state index contributed by atoms with van der Waals surface area (Å²) >= 11 is 0. The first-order valence-corrected chi connectivity index (χ1v) is 12.5. The number of Topliss-reactive ketones (excluding diaryl/α,β-unsaturated/α-hetero) is 1. The minimum Gasteiger partial charge on any atom is -0.367 e. The van der Waals surface area contributed by atoms with Crippen molar-refractivity contribution >= 4 is 46.7 Å². The summed E-state index contributed by atoms with van der Waals surface area (Å²) in [6.07, 6.45) is 7.53. The van der Waals surface area contributed by atoms with Crippen LogP contribution < -0.4 is 21.1 Å². The van der Waals surface area contributed by atoms with E-state index in [4.69, 9.17) is 4.98 Å². The van der Waals surface area contributed by atoms with Crippen LogP contribution in [0.3, 0.4) is 0 Å². The maximum absolute atomic E-state index is 13.4. The molecule has 2 fully saturated rings. The van der Waals surface area contributed by atoms with Crippen molar-refractivity contribution in [2.75, 3.05) is 23.3 Å². The molecule has 1 aliphatic carbocycles. The van der Waals surface area contributed by atoms with Gasteiger partial charge < -0.3 is 15.5 Å². The molecule has 0 aromatic carbocycles. The number of anilines is 3. The Labute approximate surface area is 217 Å². The lowest BCUT2D eigenvalue weighted by Gasteiger charge is -2.37. The van der Waals surface area contributed by atoms with E-state index >= 15 is 0 Å². The number of carbonyl (C=O) groups is 1. The third-order valence-electron chi connectivity index (χ3n) is 7.16. The summed E-state index contributed by atoms with van der Waals surface area (Å²) in [7, 11) is 0. The predicted octanol–water partition coefficient (Wildman–Crippen LogP) is 4.16. The van der Waals surface area contributed by atoms with Crippen molar-refractivity contribution < 1.29 is 4.79 Å². The molecule has 3 aromatic heterocycles. The highest BCUT2D eigenvalue weighted by molar-refractivity contribution is 5.99. The van der Waals surface area contributed by atoms with Gasteiger partial charge in [-0.3, -0.25) is 14.2 Å². The van der Waals surface area contributed by atoms with Gasteiger partial charge in [-0.2, -0.15) is 4.98 Å². The number of hydrogen-bond donors (Lipinski definition) is 2. The molecule has 10 heteroatoms. The number of halogens is 1. The van der Waals surface area contributed by atoms with Gasteiger partial charge in [0.15, 0.2) is 5.78 Å². The second-order valence-electron chi connectivity index (χ2n) is 10.0. The average Bonchev–Trinajstić information content (AvgIpc) is 3.33. The second kappa shape index (κ2) is 10.5. The van der Waals surface area contributed by atoms with Crippen LogP contribution in [0.15, 0.2) is 29.3 Å². The third-order valence-corrected chi connectivity index (χ3v) is 7.16. The molecule has 0 spiro atoms. The van der Waals surface area contributed by atoms with E-state index in [9.17, 15) is 9.59 Å². The molecule has 1 saturated carbocycles. The number of nitrogens with one attached hydrogen (secondary N) is 2. The van der Waals surface area contributed by atoms with Gasteiger partial charge in [-0.15, -0.1) is 12.4 Å². The molecule has 36 heavy (non-hydrogen) atoms. The molecule has 0 bridgehead atoms. The fraction of sp³-hybridized carbons (Fsp3) is 0.500. The Morgan fingerprint density at radius 3 is 2.39 bits per heavy atom. The molecular formula is C26H34ClN7O2. The number of ketones is 1. The molecule has 1 aliphatic heterocycles. The first kappa shape index (κ1) is 26.0. The Balaban J connectivity index is 0.00000304.